The largest absolute Gasteiger partial charge is 0.352 e. The van der Waals surface area contributed by atoms with Crippen molar-refractivity contribution in [1.82, 2.24) is 25.0 Å². The van der Waals surface area contributed by atoms with E-state index in [1.165, 1.54) is 31.0 Å². The van der Waals surface area contributed by atoms with Gasteiger partial charge in [0, 0.05) is 18.5 Å². The zero-order valence-electron chi connectivity index (χ0n) is 18.7. The maximum Gasteiger partial charge on any atom is 0.239 e. The number of nitrogens with one attached hydrogen (secondary N) is 1. The first-order valence-electron chi connectivity index (χ1n) is 11.2. The van der Waals surface area contributed by atoms with Crippen LogP contribution in [0.5, 0.6) is 0 Å². The van der Waals surface area contributed by atoms with Gasteiger partial charge in [0.05, 0.1) is 18.0 Å². The Morgan fingerprint density at radius 2 is 1.90 bits per heavy atom. The maximum atomic E-state index is 12.7. The number of hydrogen-bond donors (Lipinski definition) is 1. The van der Waals surface area contributed by atoms with Gasteiger partial charge in [-0.3, -0.25) is 9.59 Å². The molecule has 8 heteroatoms. The lowest BCUT2D eigenvalue weighted by atomic mass is 9.88. The van der Waals surface area contributed by atoms with Crippen molar-refractivity contribution in [2.24, 2.45) is 0 Å². The second kappa shape index (κ2) is 11.3. The first-order chi connectivity index (χ1) is 15.0. The average molecular weight is 444 g/mol. The molecule has 1 saturated carbocycles. The molecule has 1 aliphatic rings. The van der Waals surface area contributed by atoms with Gasteiger partial charge in [-0.05, 0) is 45.7 Å². The molecule has 2 aromatic rings. The van der Waals surface area contributed by atoms with Gasteiger partial charge in [-0.25, -0.2) is 9.67 Å². The predicted octanol–water partition coefficient (Wildman–Crippen LogP) is 3.78. The Hall–Kier alpha value is -2.35. The highest BCUT2D eigenvalue weighted by molar-refractivity contribution is 7.99. The van der Waals surface area contributed by atoms with Gasteiger partial charge in [-0.2, -0.15) is 0 Å². The van der Waals surface area contributed by atoms with Gasteiger partial charge >= 0.3 is 0 Å². The molecule has 7 nitrogen and oxygen atoms in total. The molecule has 0 radical (unpaired) electrons. The lowest BCUT2D eigenvalue weighted by molar-refractivity contribution is -0.134. The minimum Gasteiger partial charge on any atom is -0.352 e. The molecule has 1 aliphatic carbocycles. The summed E-state index contributed by atoms with van der Waals surface area (Å²) in [6.45, 7) is 6.27. The Kier molecular flexibility index (Phi) is 8.51. The average Bonchev–Trinajstić information content (AvgIpc) is 3.21. The number of benzene rings is 1. The molecule has 1 aromatic carbocycles. The van der Waals surface area contributed by atoms with Crippen LogP contribution in [-0.4, -0.2) is 56.4 Å². The van der Waals surface area contributed by atoms with Crippen molar-refractivity contribution < 1.29 is 9.59 Å². The topological polar surface area (TPSA) is 80.1 Å². The number of aromatic nitrogens is 3. The monoisotopic (exact) mass is 443 g/mol. The van der Waals surface area contributed by atoms with E-state index in [0.29, 0.717) is 17.6 Å². The highest BCUT2D eigenvalue weighted by Crippen LogP contribution is 2.33. The lowest BCUT2D eigenvalue weighted by Gasteiger charge is -2.21. The van der Waals surface area contributed by atoms with E-state index in [1.807, 2.05) is 55.8 Å². The molecule has 0 spiro atoms. The van der Waals surface area contributed by atoms with Gasteiger partial charge in [0.15, 0.2) is 0 Å². The van der Waals surface area contributed by atoms with Crippen LogP contribution in [0.4, 0.5) is 0 Å². The van der Waals surface area contributed by atoms with Crippen molar-refractivity contribution in [3.8, 4) is 5.69 Å². The maximum absolute atomic E-state index is 12.7. The molecule has 0 atom stereocenters. The van der Waals surface area contributed by atoms with E-state index < -0.39 is 0 Å². The van der Waals surface area contributed by atoms with Gasteiger partial charge in [0.2, 0.25) is 17.0 Å². The number of rotatable bonds is 9. The fourth-order valence-corrected chi connectivity index (χ4v) is 4.62. The second-order valence-electron chi connectivity index (χ2n) is 8.25. The van der Waals surface area contributed by atoms with Crippen LogP contribution < -0.4 is 5.32 Å². The minimum atomic E-state index is -0.138. The smallest absolute Gasteiger partial charge is 0.239 e. The number of para-hydroxylation sites is 1. The van der Waals surface area contributed by atoms with E-state index >= 15 is 0 Å². The first kappa shape index (κ1) is 23.3. The van der Waals surface area contributed by atoms with Crippen LogP contribution >= 0.6 is 11.8 Å². The molecule has 0 saturated heterocycles. The Morgan fingerprint density at radius 3 is 2.55 bits per heavy atom. The molecule has 0 bridgehead atoms. The fraction of sp³-hybridized carbons (Fsp3) is 0.565. The van der Waals surface area contributed by atoms with Crippen LogP contribution in [0.15, 0.2) is 35.5 Å². The Morgan fingerprint density at radius 1 is 1.19 bits per heavy atom. The molecule has 1 aromatic heterocycles. The quantitative estimate of drug-likeness (QED) is 0.597. The summed E-state index contributed by atoms with van der Waals surface area (Å²) in [4.78, 5) is 31.1. The summed E-state index contributed by atoms with van der Waals surface area (Å²) in [5.41, 5.74) is 0.995. The van der Waals surface area contributed by atoms with E-state index in [4.69, 9.17) is 10.1 Å². The molecule has 3 rings (SSSR count). The Balaban J connectivity index is 1.70. The number of carbonyl (C=O) groups excluding carboxylic acids is 2. The highest BCUT2D eigenvalue weighted by atomic mass is 32.2. The molecule has 1 heterocycles. The van der Waals surface area contributed by atoms with Crippen molar-refractivity contribution in [2.75, 3.05) is 18.8 Å². The van der Waals surface area contributed by atoms with E-state index in [9.17, 15) is 9.59 Å². The van der Waals surface area contributed by atoms with Crippen molar-refractivity contribution in [3.63, 3.8) is 0 Å². The zero-order valence-corrected chi connectivity index (χ0v) is 19.5. The first-order valence-corrected chi connectivity index (χ1v) is 12.2. The summed E-state index contributed by atoms with van der Waals surface area (Å²) < 4.78 is 1.94. The third-order valence-corrected chi connectivity index (χ3v) is 6.25. The number of carbonyl (C=O) groups is 2. The standard InChI is InChI=1S/C23H33N5O2S/c1-4-27(15-20(29)24-17(2)3)21(30)16-31-23-25-22(18-11-7-5-8-12-18)28(26-23)19-13-9-6-10-14-19/h6,9-10,13-14,17-18H,4-5,7-8,11-12,15-16H2,1-3H3,(H,24,29). The number of hydrogen-bond acceptors (Lipinski definition) is 5. The van der Waals surface area contributed by atoms with E-state index in [-0.39, 0.29) is 30.2 Å². The van der Waals surface area contributed by atoms with Crippen molar-refractivity contribution in [1.29, 1.82) is 0 Å². The molecule has 0 unspecified atom stereocenters. The lowest BCUT2D eigenvalue weighted by Crippen LogP contribution is -2.43. The number of thioether (sulfide) groups is 1. The number of amides is 2. The Bertz CT molecular complexity index is 862. The van der Waals surface area contributed by atoms with Crippen LogP contribution in [0.25, 0.3) is 5.69 Å². The summed E-state index contributed by atoms with van der Waals surface area (Å²) >= 11 is 1.34. The number of likely N-dealkylation sites (N-methyl/N-ethyl adjacent to an activating group) is 1. The summed E-state index contributed by atoms with van der Waals surface area (Å²) in [5, 5.41) is 8.18. The van der Waals surface area contributed by atoms with Crippen LogP contribution in [0.1, 0.15) is 64.6 Å². The summed E-state index contributed by atoms with van der Waals surface area (Å²) in [5.74, 6) is 1.39. The molecule has 1 N–H and O–H groups in total. The minimum absolute atomic E-state index is 0.0556. The van der Waals surface area contributed by atoms with Crippen molar-refractivity contribution in [3.05, 3.63) is 36.2 Å². The molecular weight excluding hydrogens is 410 g/mol. The fourth-order valence-electron chi connectivity index (χ4n) is 3.88. The molecule has 0 aliphatic heterocycles. The van der Waals surface area contributed by atoms with Gasteiger partial charge in [0.25, 0.3) is 0 Å². The molecule has 31 heavy (non-hydrogen) atoms. The zero-order chi connectivity index (χ0) is 22.2. The predicted molar refractivity (Wildman–Crippen MR) is 123 cm³/mol. The summed E-state index contributed by atoms with van der Waals surface area (Å²) in [6, 6.07) is 10.1. The molecule has 2 amide bonds. The van der Waals surface area contributed by atoms with E-state index in [0.717, 1.165) is 24.4 Å². The second-order valence-corrected chi connectivity index (χ2v) is 9.20. The summed E-state index contributed by atoms with van der Waals surface area (Å²) in [6.07, 6.45) is 5.98. The number of nitrogens with zero attached hydrogens (tertiary/aromatic N) is 4. The van der Waals surface area contributed by atoms with Gasteiger partial charge in [-0.1, -0.05) is 49.2 Å². The van der Waals surface area contributed by atoms with Gasteiger partial charge in [0.1, 0.15) is 5.82 Å². The van der Waals surface area contributed by atoms with E-state index in [1.54, 1.807) is 4.90 Å². The van der Waals surface area contributed by atoms with Crippen LogP contribution in [0.3, 0.4) is 0 Å². The van der Waals surface area contributed by atoms with Crippen molar-refractivity contribution >= 4 is 23.6 Å². The highest BCUT2D eigenvalue weighted by Gasteiger charge is 2.24. The third-order valence-electron chi connectivity index (χ3n) is 5.43. The van der Waals surface area contributed by atoms with Crippen LogP contribution in [0, 0.1) is 0 Å². The Labute approximate surface area is 189 Å². The van der Waals surface area contributed by atoms with Crippen LogP contribution in [-0.2, 0) is 9.59 Å². The summed E-state index contributed by atoms with van der Waals surface area (Å²) in [7, 11) is 0. The molecule has 168 valence electrons. The SMILES string of the molecule is CCN(CC(=O)NC(C)C)C(=O)CSc1nc(C2CCCCC2)n(-c2ccccc2)n1. The van der Waals surface area contributed by atoms with E-state index in [2.05, 4.69) is 5.32 Å². The van der Waals surface area contributed by atoms with Crippen molar-refractivity contribution in [2.45, 2.75) is 70.0 Å². The van der Waals surface area contributed by atoms with Crippen LogP contribution in [0.2, 0.25) is 0 Å². The third kappa shape index (κ3) is 6.56. The van der Waals surface area contributed by atoms with Gasteiger partial charge < -0.3 is 10.2 Å². The molecular formula is C23H33N5O2S. The normalized spacial score (nSPS) is 14.6. The molecule has 1 fully saturated rings. The van der Waals surface area contributed by atoms with Gasteiger partial charge in [-0.15, -0.1) is 5.10 Å².